The summed E-state index contributed by atoms with van der Waals surface area (Å²) in [4.78, 5) is 11.9. The highest BCUT2D eigenvalue weighted by molar-refractivity contribution is 5.76. The van der Waals surface area contributed by atoms with Gasteiger partial charge in [-0.2, -0.15) is 0 Å². The van der Waals surface area contributed by atoms with Crippen LogP contribution in [0.15, 0.2) is 0 Å². The van der Waals surface area contributed by atoms with Crippen molar-refractivity contribution in [3.63, 3.8) is 0 Å². The molecule has 1 aliphatic carbocycles. The van der Waals surface area contributed by atoms with E-state index in [0.717, 1.165) is 12.8 Å². The summed E-state index contributed by atoms with van der Waals surface area (Å²) in [6.07, 6.45) is 18.8. The molecule has 0 unspecified atom stereocenters. The van der Waals surface area contributed by atoms with Crippen molar-refractivity contribution in [1.29, 1.82) is 0 Å². The summed E-state index contributed by atoms with van der Waals surface area (Å²) < 4.78 is 0. The Bertz CT molecular complexity index is 232. The molecule has 118 valence electrons. The normalized spacial score (nSPS) is 17.4. The molecule has 0 aromatic carbocycles. The Morgan fingerprint density at radius 1 is 0.850 bits per heavy atom. The Balaban J connectivity index is 1.98. The van der Waals surface area contributed by atoms with Gasteiger partial charge < -0.3 is 5.32 Å². The summed E-state index contributed by atoms with van der Waals surface area (Å²) in [5.74, 6) is 0.295. The first-order valence-electron chi connectivity index (χ1n) is 9.12. The van der Waals surface area contributed by atoms with Gasteiger partial charge in [0, 0.05) is 12.5 Å². The summed E-state index contributed by atoms with van der Waals surface area (Å²) in [6, 6.07) is 0.465. The third-order valence-corrected chi connectivity index (χ3v) is 4.48. The standard InChI is InChI=1S/C18H35NO/c1-2-3-4-5-6-10-13-16-18(20)19-17-14-11-8-7-9-12-15-17/h17H,2-16H2,1H3,(H,19,20). The third-order valence-electron chi connectivity index (χ3n) is 4.48. The fourth-order valence-electron chi connectivity index (χ4n) is 3.14. The summed E-state index contributed by atoms with van der Waals surface area (Å²) in [5.41, 5.74) is 0. The van der Waals surface area contributed by atoms with Crippen LogP contribution < -0.4 is 5.32 Å². The highest BCUT2D eigenvalue weighted by atomic mass is 16.1. The van der Waals surface area contributed by atoms with Gasteiger partial charge in [0.05, 0.1) is 0 Å². The Morgan fingerprint density at radius 2 is 1.40 bits per heavy atom. The zero-order chi connectivity index (χ0) is 14.5. The maximum atomic E-state index is 11.9. The van der Waals surface area contributed by atoms with E-state index in [1.54, 1.807) is 0 Å². The van der Waals surface area contributed by atoms with E-state index < -0.39 is 0 Å². The SMILES string of the molecule is CCCCCCCCCC(=O)NC1CCCCCCC1. The van der Waals surface area contributed by atoms with Crippen LogP contribution in [0.3, 0.4) is 0 Å². The zero-order valence-electron chi connectivity index (χ0n) is 13.6. The minimum absolute atomic E-state index is 0.295. The maximum absolute atomic E-state index is 11.9. The van der Waals surface area contributed by atoms with Crippen molar-refractivity contribution in [3.8, 4) is 0 Å². The van der Waals surface area contributed by atoms with Crippen LogP contribution in [0.2, 0.25) is 0 Å². The molecule has 1 fully saturated rings. The fraction of sp³-hybridized carbons (Fsp3) is 0.944. The molecule has 1 amide bonds. The average molecular weight is 281 g/mol. The summed E-state index contributed by atoms with van der Waals surface area (Å²) in [6.45, 7) is 2.25. The lowest BCUT2D eigenvalue weighted by atomic mass is 9.96. The van der Waals surface area contributed by atoms with Crippen LogP contribution in [0.4, 0.5) is 0 Å². The Hall–Kier alpha value is -0.530. The number of unbranched alkanes of at least 4 members (excludes halogenated alkanes) is 6. The number of carbonyl (C=O) groups excluding carboxylic acids is 1. The first kappa shape index (κ1) is 17.5. The zero-order valence-corrected chi connectivity index (χ0v) is 13.6. The van der Waals surface area contributed by atoms with Crippen molar-refractivity contribution in [2.24, 2.45) is 0 Å². The summed E-state index contributed by atoms with van der Waals surface area (Å²) in [5, 5.41) is 3.26. The van der Waals surface area contributed by atoms with Crippen LogP contribution in [0, 0.1) is 0 Å². The molecule has 1 rings (SSSR count). The van der Waals surface area contributed by atoms with Gasteiger partial charge in [-0.25, -0.2) is 0 Å². The van der Waals surface area contributed by atoms with Crippen molar-refractivity contribution in [1.82, 2.24) is 5.32 Å². The molecule has 2 heteroatoms. The van der Waals surface area contributed by atoms with Crippen LogP contribution >= 0.6 is 0 Å². The number of hydrogen-bond donors (Lipinski definition) is 1. The lowest BCUT2D eigenvalue weighted by Gasteiger charge is -2.21. The average Bonchev–Trinajstić information content (AvgIpc) is 2.41. The molecule has 0 heterocycles. The Labute approximate surface area is 126 Å². The maximum Gasteiger partial charge on any atom is 0.220 e. The van der Waals surface area contributed by atoms with Crippen molar-refractivity contribution in [2.75, 3.05) is 0 Å². The number of hydrogen-bond acceptors (Lipinski definition) is 1. The van der Waals surface area contributed by atoms with Crippen molar-refractivity contribution in [3.05, 3.63) is 0 Å². The van der Waals surface area contributed by atoms with E-state index in [0.29, 0.717) is 11.9 Å². The molecule has 2 nitrogen and oxygen atoms in total. The van der Waals surface area contributed by atoms with Gasteiger partial charge in [0.15, 0.2) is 0 Å². The minimum atomic E-state index is 0.295. The molecule has 1 aliphatic rings. The second-order valence-electron chi connectivity index (χ2n) is 6.48. The topological polar surface area (TPSA) is 29.1 Å². The highest BCUT2D eigenvalue weighted by Gasteiger charge is 2.13. The van der Waals surface area contributed by atoms with Crippen molar-refractivity contribution >= 4 is 5.91 Å². The number of amides is 1. The van der Waals surface area contributed by atoms with E-state index >= 15 is 0 Å². The number of nitrogens with one attached hydrogen (secondary N) is 1. The predicted molar refractivity (Wildman–Crippen MR) is 86.9 cm³/mol. The Kier molecular flexibility index (Phi) is 10.7. The largest absolute Gasteiger partial charge is 0.353 e. The lowest BCUT2D eigenvalue weighted by Crippen LogP contribution is -2.35. The molecule has 0 aromatic rings. The van der Waals surface area contributed by atoms with E-state index in [1.165, 1.54) is 83.5 Å². The van der Waals surface area contributed by atoms with Crippen LogP contribution in [0.1, 0.15) is 103 Å². The van der Waals surface area contributed by atoms with E-state index in [1.807, 2.05) is 0 Å². The van der Waals surface area contributed by atoms with Crippen LogP contribution in [0.25, 0.3) is 0 Å². The monoisotopic (exact) mass is 281 g/mol. The first-order valence-corrected chi connectivity index (χ1v) is 9.12. The highest BCUT2D eigenvalue weighted by Crippen LogP contribution is 2.17. The van der Waals surface area contributed by atoms with Gasteiger partial charge in [0.1, 0.15) is 0 Å². The lowest BCUT2D eigenvalue weighted by molar-refractivity contribution is -0.122. The van der Waals surface area contributed by atoms with Gasteiger partial charge in [-0.3, -0.25) is 4.79 Å². The van der Waals surface area contributed by atoms with E-state index in [-0.39, 0.29) is 0 Å². The van der Waals surface area contributed by atoms with E-state index in [2.05, 4.69) is 12.2 Å². The molecule has 0 aliphatic heterocycles. The minimum Gasteiger partial charge on any atom is -0.353 e. The smallest absolute Gasteiger partial charge is 0.220 e. The van der Waals surface area contributed by atoms with Gasteiger partial charge in [-0.05, 0) is 19.3 Å². The second-order valence-corrected chi connectivity index (χ2v) is 6.48. The number of carbonyl (C=O) groups is 1. The van der Waals surface area contributed by atoms with E-state index in [4.69, 9.17) is 0 Å². The molecule has 0 bridgehead atoms. The predicted octanol–water partition coefficient (Wildman–Crippen LogP) is 5.36. The fourth-order valence-corrected chi connectivity index (χ4v) is 3.14. The summed E-state index contributed by atoms with van der Waals surface area (Å²) >= 11 is 0. The quantitative estimate of drug-likeness (QED) is 0.567. The van der Waals surface area contributed by atoms with Gasteiger partial charge in [-0.15, -0.1) is 0 Å². The second kappa shape index (κ2) is 12.2. The van der Waals surface area contributed by atoms with Crippen LogP contribution in [-0.4, -0.2) is 11.9 Å². The van der Waals surface area contributed by atoms with Gasteiger partial charge in [0.25, 0.3) is 0 Å². The molecule has 20 heavy (non-hydrogen) atoms. The van der Waals surface area contributed by atoms with E-state index in [9.17, 15) is 4.79 Å². The third kappa shape index (κ3) is 9.39. The van der Waals surface area contributed by atoms with Gasteiger partial charge in [0.2, 0.25) is 5.91 Å². The Morgan fingerprint density at radius 3 is 2.05 bits per heavy atom. The molecular weight excluding hydrogens is 246 g/mol. The van der Waals surface area contributed by atoms with Crippen LogP contribution in [0.5, 0.6) is 0 Å². The molecule has 0 atom stereocenters. The summed E-state index contributed by atoms with van der Waals surface area (Å²) in [7, 11) is 0. The molecule has 0 spiro atoms. The molecule has 1 N–H and O–H groups in total. The van der Waals surface area contributed by atoms with Crippen molar-refractivity contribution < 1.29 is 4.79 Å². The molecule has 0 radical (unpaired) electrons. The van der Waals surface area contributed by atoms with Gasteiger partial charge >= 0.3 is 0 Å². The van der Waals surface area contributed by atoms with Gasteiger partial charge in [-0.1, -0.05) is 77.6 Å². The molecular formula is C18H35NO. The molecule has 0 saturated heterocycles. The first-order chi connectivity index (χ1) is 9.83. The number of rotatable bonds is 9. The van der Waals surface area contributed by atoms with Crippen LogP contribution in [-0.2, 0) is 4.79 Å². The molecule has 0 aromatic heterocycles. The molecule has 1 saturated carbocycles. The van der Waals surface area contributed by atoms with Crippen molar-refractivity contribution in [2.45, 2.75) is 109 Å².